The molecule has 1 atom stereocenters. The summed E-state index contributed by atoms with van der Waals surface area (Å²) in [5.74, 6) is -0.234. The highest BCUT2D eigenvalue weighted by Crippen LogP contribution is 2.38. The van der Waals surface area contributed by atoms with Gasteiger partial charge in [-0.25, -0.2) is 14.4 Å². The zero-order chi connectivity index (χ0) is 22.3. The second kappa shape index (κ2) is 8.14. The fourth-order valence-electron chi connectivity index (χ4n) is 4.16. The number of nitrogens with one attached hydrogen (secondary N) is 1. The van der Waals surface area contributed by atoms with Gasteiger partial charge in [-0.3, -0.25) is 0 Å². The van der Waals surface area contributed by atoms with E-state index in [1.807, 2.05) is 18.2 Å². The monoisotopic (exact) mass is 444 g/mol. The maximum absolute atomic E-state index is 13.9. The number of halogens is 4. The molecular formula is C23H20F4N4O. The van der Waals surface area contributed by atoms with Gasteiger partial charge in [0.05, 0.1) is 23.7 Å². The Hall–Kier alpha value is -3.04. The minimum atomic E-state index is -4.73. The van der Waals surface area contributed by atoms with Crippen molar-refractivity contribution in [3.8, 4) is 11.4 Å². The zero-order valence-corrected chi connectivity index (χ0v) is 17.0. The molecule has 0 radical (unpaired) electrons. The Kier molecular flexibility index (Phi) is 5.30. The number of rotatable bonds is 4. The first kappa shape index (κ1) is 20.8. The van der Waals surface area contributed by atoms with E-state index in [2.05, 4.69) is 15.3 Å². The average molecular weight is 444 g/mol. The largest absolute Gasteiger partial charge is 0.435 e. The Morgan fingerprint density at radius 3 is 2.62 bits per heavy atom. The molecule has 0 spiro atoms. The van der Waals surface area contributed by atoms with E-state index in [-0.39, 0.29) is 17.1 Å². The maximum Gasteiger partial charge on any atom is 0.435 e. The zero-order valence-electron chi connectivity index (χ0n) is 17.0. The SMILES string of the molecule is Fc1ccc2c(c1)nc(C(F)(F)F)c1nc(-c3ccccc3)n(CCC3CNCCO3)c12. The molecule has 1 unspecified atom stereocenters. The molecule has 2 aromatic carbocycles. The molecule has 5 nitrogen and oxygen atoms in total. The van der Waals surface area contributed by atoms with Gasteiger partial charge in [-0.2, -0.15) is 13.2 Å². The standard InChI is InChI=1S/C23H20F4N4O/c24-15-6-7-17-18(12-15)29-21(23(25,26)27)19-20(17)31(10-8-16-13-28-9-11-32-16)22(30-19)14-4-2-1-3-5-14/h1-7,12,16,28H,8-11,13H2. The van der Waals surface area contributed by atoms with Crippen molar-refractivity contribution in [1.29, 1.82) is 0 Å². The van der Waals surface area contributed by atoms with Crippen molar-refractivity contribution in [2.24, 2.45) is 0 Å². The van der Waals surface area contributed by atoms with Crippen molar-refractivity contribution in [3.05, 3.63) is 60.0 Å². The summed E-state index contributed by atoms with van der Waals surface area (Å²) in [4.78, 5) is 8.17. The number of alkyl halides is 3. The van der Waals surface area contributed by atoms with Crippen molar-refractivity contribution in [1.82, 2.24) is 19.9 Å². The molecule has 166 valence electrons. The molecule has 0 aliphatic carbocycles. The summed E-state index contributed by atoms with van der Waals surface area (Å²) in [6.07, 6.45) is -4.20. The topological polar surface area (TPSA) is 52.0 Å². The van der Waals surface area contributed by atoms with Crippen molar-refractivity contribution in [2.45, 2.75) is 25.2 Å². The van der Waals surface area contributed by atoms with E-state index in [0.29, 0.717) is 48.4 Å². The predicted molar refractivity (Wildman–Crippen MR) is 113 cm³/mol. The number of benzene rings is 2. The molecule has 0 saturated carbocycles. The fraction of sp³-hybridized carbons (Fsp3) is 0.304. The van der Waals surface area contributed by atoms with Crippen LogP contribution in [0.25, 0.3) is 33.3 Å². The number of fused-ring (bicyclic) bond motifs is 3. The highest BCUT2D eigenvalue weighted by molar-refractivity contribution is 6.04. The summed E-state index contributed by atoms with van der Waals surface area (Å²) in [7, 11) is 0. The van der Waals surface area contributed by atoms with Crippen LogP contribution >= 0.6 is 0 Å². The second-order valence-corrected chi connectivity index (χ2v) is 7.76. The van der Waals surface area contributed by atoms with Gasteiger partial charge in [0, 0.05) is 36.7 Å². The van der Waals surface area contributed by atoms with Gasteiger partial charge in [-0.15, -0.1) is 0 Å². The van der Waals surface area contributed by atoms with Crippen LogP contribution < -0.4 is 5.32 Å². The van der Waals surface area contributed by atoms with Gasteiger partial charge >= 0.3 is 6.18 Å². The first-order chi connectivity index (χ1) is 15.4. The van der Waals surface area contributed by atoms with Gasteiger partial charge in [-0.05, 0) is 18.6 Å². The van der Waals surface area contributed by atoms with E-state index < -0.39 is 17.7 Å². The molecule has 3 heterocycles. The predicted octanol–water partition coefficient (Wildman–Crippen LogP) is 4.79. The Labute approximate surface area is 181 Å². The fourth-order valence-corrected chi connectivity index (χ4v) is 4.16. The third-order valence-electron chi connectivity index (χ3n) is 5.62. The Bertz CT molecular complexity index is 1260. The first-order valence-corrected chi connectivity index (χ1v) is 10.4. The minimum absolute atomic E-state index is 0.0545. The van der Waals surface area contributed by atoms with Crippen LogP contribution in [0.15, 0.2) is 48.5 Å². The molecule has 1 N–H and O–H groups in total. The summed E-state index contributed by atoms with van der Waals surface area (Å²) >= 11 is 0. The molecule has 0 bridgehead atoms. The number of aryl methyl sites for hydroxylation is 1. The quantitative estimate of drug-likeness (QED) is 0.460. The van der Waals surface area contributed by atoms with E-state index in [1.54, 1.807) is 16.7 Å². The molecule has 0 amide bonds. The van der Waals surface area contributed by atoms with Crippen molar-refractivity contribution >= 4 is 21.9 Å². The van der Waals surface area contributed by atoms with E-state index in [0.717, 1.165) is 12.6 Å². The summed E-state index contributed by atoms with van der Waals surface area (Å²) in [5.41, 5.74) is -0.420. The number of ether oxygens (including phenoxy) is 1. The number of imidazole rings is 1. The number of hydrogen-bond donors (Lipinski definition) is 1. The molecule has 1 fully saturated rings. The number of nitrogens with zero attached hydrogens (tertiary/aromatic N) is 3. The molecule has 5 rings (SSSR count). The minimum Gasteiger partial charge on any atom is -0.376 e. The molecule has 1 aliphatic heterocycles. The molecule has 1 saturated heterocycles. The van der Waals surface area contributed by atoms with Crippen molar-refractivity contribution < 1.29 is 22.3 Å². The highest BCUT2D eigenvalue weighted by Gasteiger charge is 2.37. The number of morpholine rings is 1. The highest BCUT2D eigenvalue weighted by atomic mass is 19.4. The lowest BCUT2D eigenvalue weighted by atomic mass is 10.1. The normalized spacial score (nSPS) is 17.3. The molecule has 32 heavy (non-hydrogen) atoms. The lowest BCUT2D eigenvalue weighted by Gasteiger charge is -2.24. The summed E-state index contributed by atoms with van der Waals surface area (Å²) < 4.78 is 63.2. The first-order valence-electron chi connectivity index (χ1n) is 10.4. The molecular weight excluding hydrogens is 424 g/mol. The maximum atomic E-state index is 13.9. The number of aromatic nitrogens is 3. The Balaban J connectivity index is 1.76. The lowest BCUT2D eigenvalue weighted by molar-refractivity contribution is -0.139. The smallest absolute Gasteiger partial charge is 0.376 e. The van der Waals surface area contributed by atoms with E-state index in [4.69, 9.17) is 4.74 Å². The second-order valence-electron chi connectivity index (χ2n) is 7.76. The van der Waals surface area contributed by atoms with Gasteiger partial charge in [0.2, 0.25) is 0 Å². The summed E-state index contributed by atoms with van der Waals surface area (Å²) in [6, 6.07) is 12.8. The molecule has 1 aliphatic rings. The van der Waals surface area contributed by atoms with Crippen LogP contribution in [0.3, 0.4) is 0 Å². The van der Waals surface area contributed by atoms with Gasteiger partial charge in [0.1, 0.15) is 17.2 Å². The van der Waals surface area contributed by atoms with Crippen LogP contribution in [0.1, 0.15) is 12.1 Å². The van der Waals surface area contributed by atoms with Crippen LogP contribution in [-0.2, 0) is 17.5 Å². The Morgan fingerprint density at radius 2 is 1.91 bits per heavy atom. The van der Waals surface area contributed by atoms with Crippen LogP contribution in [0.4, 0.5) is 17.6 Å². The number of hydrogen-bond acceptors (Lipinski definition) is 4. The van der Waals surface area contributed by atoms with Gasteiger partial charge < -0.3 is 14.6 Å². The lowest BCUT2D eigenvalue weighted by Crippen LogP contribution is -2.38. The summed E-state index contributed by atoms with van der Waals surface area (Å²) in [6.45, 7) is 2.43. The van der Waals surface area contributed by atoms with Gasteiger partial charge in [-0.1, -0.05) is 30.3 Å². The van der Waals surface area contributed by atoms with Crippen molar-refractivity contribution in [3.63, 3.8) is 0 Å². The summed E-state index contributed by atoms with van der Waals surface area (Å²) in [5, 5.41) is 3.69. The van der Waals surface area contributed by atoms with Gasteiger partial charge in [0.25, 0.3) is 0 Å². The Morgan fingerprint density at radius 1 is 1.09 bits per heavy atom. The number of pyridine rings is 1. The van der Waals surface area contributed by atoms with E-state index in [1.165, 1.54) is 12.1 Å². The third-order valence-corrected chi connectivity index (χ3v) is 5.62. The third kappa shape index (κ3) is 3.82. The van der Waals surface area contributed by atoms with Crippen LogP contribution in [0.2, 0.25) is 0 Å². The van der Waals surface area contributed by atoms with Crippen LogP contribution in [0, 0.1) is 5.82 Å². The van der Waals surface area contributed by atoms with Gasteiger partial charge in [0.15, 0.2) is 5.69 Å². The molecule has 9 heteroatoms. The average Bonchev–Trinajstić information content (AvgIpc) is 3.17. The molecule has 2 aromatic heterocycles. The van der Waals surface area contributed by atoms with Crippen LogP contribution in [0.5, 0.6) is 0 Å². The van der Waals surface area contributed by atoms with E-state index >= 15 is 0 Å². The van der Waals surface area contributed by atoms with E-state index in [9.17, 15) is 17.6 Å². The molecule has 4 aromatic rings. The van der Waals surface area contributed by atoms with Crippen LogP contribution in [-0.4, -0.2) is 40.3 Å². The van der Waals surface area contributed by atoms with Crippen molar-refractivity contribution in [2.75, 3.05) is 19.7 Å².